The predicted octanol–water partition coefficient (Wildman–Crippen LogP) is 4.16. The summed E-state index contributed by atoms with van der Waals surface area (Å²) in [5.41, 5.74) is 3.31. The predicted molar refractivity (Wildman–Crippen MR) is 119 cm³/mol. The van der Waals surface area contributed by atoms with Gasteiger partial charge in [-0.2, -0.15) is 0 Å². The second-order valence-electron chi connectivity index (χ2n) is 8.05. The summed E-state index contributed by atoms with van der Waals surface area (Å²) in [4.78, 5) is 27.8. The molecule has 0 saturated heterocycles. The molecule has 2 rings (SSSR count). The van der Waals surface area contributed by atoms with E-state index in [9.17, 15) is 9.59 Å². The quantitative estimate of drug-likeness (QED) is 0.658. The molecule has 2 aromatic rings. The third-order valence-electron chi connectivity index (χ3n) is 5.03. The monoisotopic (exact) mass is 394 g/mol. The molecule has 0 aliphatic heterocycles. The molecule has 0 unspecified atom stereocenters. The number of carbonyl (C=O) groups excluding carboxylic acids is 2. The zero-order valence-electron chi connectivity index (χ0n) is 18.2. The maximum absolute atomic E-state index is 13.2. The Morgan fingerprint density at radius 2 is 1.62 bits per heavy atom. The lowest BCUT2D eigenvalue weighted by atomic mass is 10.1. The molecule has 0 fully saturated rings. The van der Waals surface area contributed by atoms with E-state index < -0.39 is 6.04 Å². The van der Waals surface area contributed by atoms with Crippen molar-refractivity contribution in [3.63, 3.8) is 0 Å². The molecule has 0 aliphatic carbocycles. The van der Waals surface area contributed by atoms with Gasteiger partial charge in [0.25, 0.3) is 0 Å². The first kappa shape index (κ1) is 22.7. The first-order valence-electron chi connectivity index (χ1n) is 10.6. The van der Waals surface area contributed by atoms with Crippen molar-refractivity contribution in [3.05, 3.63) is 71.3 Å². The van der Waals surface area contributed by atoms with E-state index in [4.69, 9.17) is 0 Å². The van der Waals surface area contributed by atoms with Crippen molar-refractivity contribution in [2.45, 2.75) is 53.0 Å². The Labute approximate surface area is 175 Å². The van der Waals surface area contributed by atoms with Crippen LogP contribution in [0.5, 0.6) is 0 Å². The maximum Gasteiger partial charge on any atom is 0.242 e. The number of aryl methyl sites for hydroxylation is 1. The van der Waals surface area contributed by atoms with Gasteiger partial charge in [0.05, 0.1) is 6.42 Å². The molecule has 0 aliphatic rings. The Balaban J connectivity index is 2.16. The average molecular weight is 395 g/mol. The standard InChI is InChI=1S/C25H34N2O2/c1-5-23(25(29)26-18-19(2)3)27(16-15-21-9-7-6-8-10-21)24(28)17-22-13-11-20(4)12-14-22/h6-14,19,23H,5,15-18H2,1-4H3,(H,26,29)/t23-/m0/s1. The molecule has 1 atom stereocenters. The lowest BCUT2D eigenvalue weighted by Gasteiger charge is -2.31. The van der Waals surface area contributed by atoms with Gasteiger partial charge in [-0.1, -0.05) is 80.9 Å². The van der Waals surface area contributed by atoms with E-state index in [0.29, 0.717) is 31.8 Å². The third kappa shape index (κ3) is 7.37. The van der Waals surface area contributed by atoms with Crippen LogP contribution >= 0.6 is 0 Å². The number of carbonyl (C=O) groups is 2. The Kier molecular flexibility index (Phi) is 8.91. The van der Waals surface area contributed by atoms with Crippen molar-refractivity contribution in [2.24, 2.45) is 5.92 Å². The number of nitrogens with one attached hydrogen (secondary N) is 1. The molecule has 0 aromatic heterocycles. The third-order valence-corrected chi connectivity index (χ3v) is 5.03. The summed E-state index contributed by atoms with van der Waals surface area (Å²) in [5.74, 6) is 0.306. The SMILES string of the molecule is CC[C@@H](C(=O)NCC(C)C)N(CCc1ccccc1)C(=O)Cc1ccc(C)cc1. The molecule has 0 spiro atoms. The Morgan fingerprint density at radius 3 is 2.21 bits per heavy atom. The second-order valence-corrected chi connectivity index (χ2v) is 8.05. The van der Waals surface area contributed by atoms with Crippen LogP contribution in [0.2, 0.25) is 0 Å². The van der Waals surface area contributed by atoms with Gasteiger partial charge < -0.3 is 10.2 Å². The van der Waals surface area contributed by atoms with Crippen LogP contribution in [-0.2, 0) is 22.4 Å². The summed E-state index contributed by atoms with van der Waals surface area (Å²) >= 11 is 0. The second kappa shape index (κ2) is 11.4. The highest BCUT2D eigenvalue weighted by atomic mass is 16.2. The smallest absolute Gasteiger partial charge is 0.242 e. The summed E-state index contributed by atoms with van der Waals surface area (Å²) in [5, 5.41) is 3.01. The summed E-state index contributed by atoms with van der Waals surface area (Å²) in [6.07, 6.45) is 1.63. The highest BCUT2D eigenvalue weighted by Gasteiger charge is 2.28. The van der Waals surface area contributed by atoms with Crippen molar-refractivity contribution in [1.29, 1.82) is 0 Å². The van der Waals surface area contributed by atoms with E-state index in [1.54, 1.807) is 4.90 Å². The Morgan fingerprint density at radius 1 is 0.966 bits per heavy atom. The highest BCUT2D eigenvalue weighted by molar-refractivity contribution is 5.88. The molecule has 0 saturated carbocycles. The fourth-order valence-corrected chi connectivity index (χ4v) is 3.30. The van der Waals surface area contributed by atoms with E-state index in [2.05, 4.69) is 31.3 Å². The van der Waals surface area contributed by atoms with Crippen LogP contribution < -0.4 is 5.32 Å². The largest absolute Gasteiger partial charge is 0.354 e. The minimum atomic E-state index is -0.449. The number of hydrogen-bond donors (Lipinski definition) is 1. The van der Waals surface area contributed by atoms with E-state index in [0.717, 1.165) is 17.5 Å². The molecule has 4 heteroatoms. The zero-order chi connectivity index (χ0) is 21.2. The molecule has 29 heavy (non-hydrogen) atoms. The number of nitrogens with zero attached hydrogens (tertiary/aromatic N) is 1. The summed E-state index contributed by atoms with van der Waals surface area (Å²) in [7, 11) is 0. The van der Waals surface area contributed by atoms with E-state index in [-0.39, 0.29) is 11.8 Å². The number of hydrogen-bond acceptors (Lipinski definition) is 2. The molecule has 0 heterocycles. The van der Waals surface area contributed by atoms with Crippen LogP contribution in [0.3, 0.4) is 0 Å². The van der Waals surface area contributed by atoms with Crippen LogP contribution in [0.15, 0.2) is 54.6 Å². The minimum absolute atomic E-state index is 0.00340. The fourth-order valence-electron chi connectivity index (χ4n) is 3.30. The van der Waals surface area contributed by atoms with Gasteiger partial charge in [0.1, 0.15) is 6.04 Å². The molecule has 0 radical (unpaired) electrons. The molecular formula is C25H34N2O2. The minimum Gasteiger partial charge on any atom is -0.354 e. The van der Waals surface area contributed by atoms with Gasteiger partial charge in [-0.15, -0.1) is 0 Å². The van der Waals surface area contributed by atoms with Crippen molar-refractivity contribution < 1.29 is 9.59 Å². The summed E-state index contributed by atoms with van der Waals surface area (Å²) in [6, 6.07) is 17.7. The first-order valence-corrected chi connectivity index (χ1v) is 10.6. The number of rotatable bonds is 10. The summed E-state index contributed by atoms with van der Waals surface area (Å²) in [6.45, 7) is 9.28. The van der Waals surface area contributed by atoms with Gasteiger partial charge in [-0.05, 0) is 36.8 Å². The van der Waals surface area contributed by atoms with Gasteiger partial charge in [0, 0.05) is 13.1 Å². The number of benzene rings is 2. The summed E-state index contributed by atoms with van der Waals surface area (Å²) < 4.78 is 0. The van der Waals surface area contributed by atoms with Gasteiger partial charge in [-0.25, -0.2) is 0 Å². The molecule has 1 N–H and O–H groups in total. The van der Waals surface area contributed by atoms with Crippen molar-refractivity contribution in [2.75, 3.05) is 13.1 Å². The van der Waals surface area contributed by atoms with Crippen LogP contribution in [0.25, 0.3) is 0 Å². The zero-order valence-corrected chi connectivity index (χ0v) is 18.2. The molecule has 4 nitrogen and oxygen atoms in total. The molecule has 2 amide bonds. The van der Waals surface area contributed by atoms with Crippen molar-refractivity contribution in [3.8, 4) is 0 Å². The van der Waals surface area contributed by atoms with Gasteiger partial charge in [0.15, 0.2) is 0 Å². The normalized spacial score (nSPS) is 11.9. The van der Waals surface area contributed by atoms with E-state index in [1.165, 1.54) is 5.56 Å². The van der Waals surface area contributed by atoms with Crippen molar-refractivity contribution >= 4 is 11.8 Å². The Bertz CT molecular complexity index is 769. The lowest BCUT2D eigenvalue weighted by Crippen LogP contribution is -2.51. The Hall–Kier alpha value is -2.62. The van der Waals surface area contributed by atoms with E-state index in [1.807, 2.05) is 56.3 Å². The molecule has 156 valence electrons. The first-order chi connectivity index (χ1) is 13.9. The topological polar surface area (TPSA) is 49.4 Å². The van der Waals surface area contributed by atoms with E-state index >= 15 is 0 Å². The highest BCUT2D eigenvalue weighted by Crippen LogP contribution is 2.13. The fraction of sp³-hybridized carbons (Fsp3) is 0.440. The van der Waals surface area contributed by atoms with Crippen LogP contribution in [0.1, 0.15) is 43.9 Å². The molecular weight excluding hydrogens is 360 g/mol. The van der Waals surface area contributed by atoms with Crippen LogP contribution in [0.4, 0.5) is 0 Å². The average Bonchev–Trinajstić information content (AvgIpc) is 2.71. The molecule has 2 aromatic carbocycles. The maximum atomic E-state index is 13.2. The number of amides is 2. The van der Waals surface area contributed by atoms with Gasteiger partial charge >= 0.3 is 0 Å². The van der Waals surface area contributed by atoms with Crippen LogP contribution in [0, 0.1) is 12.8 Å². The lowest BCUT2D eigenvalue weighted by molar-refractivity contribution is -0.140. The van der Waals surface area contributed by atoms with Gasteiger partial charge in [0.2, 0.25) is 11.8 Å². The van der Waals surface area contributed by atoms with Crippen molar-refractivity contribution in [1.82, 2.24) is 10.2 Å². The molecule has 0 bridgehead atoms. The van der Waals surface area contributed by atoms with Crippen LogP contribution in [-0.4, -0.2) is 35.8 Å². The van der Waals surface area contributed by atoms with Gasteiger partial charge in [-0.3, -0.25) is 9.59 Å².